The van der Waals surface area contributed by atoms with Crippen LogP contribution in [0.3, 0.4) is 0 Å². The number of aliphatic imine (C=N–C) groups is 1. The minimum atomic E-state index is 0.403. The van der Waals surface area contributed by atoms with Crippen molar-refractivity contribution in [2.75, 3.05) is 59.5 Å². The van der Waals surface area contributed by atoms with E-state index in [0.29, 0.717) is 5.41 Å². The molecule has 3 fully saturated rings. The Morgan fingerprint density at radius 1 is 1.27 bits per heavy atom. The van der Waals surface area contributed by atoms with Gasteiger partial charge in [0.1, 0.15) is 0 Å². The van der Waals surface area contributed by atoms with Crippen LogP contribution in [-0.2, 0) is 4.74 Å². The first-order valence-corrected chi connectivity index (χ1v) is 8.96. The second-order valence-corrected chi connectivity index (χ2v) is 7.47. The van der Waals surface area contributed by atoms with Crippen LogP contribution in [0.2, 0.25) is 0 Å². The summed E-state index contributed by atoms with van der Waals surface area (Å²) in [5, 5.41) is 3.57. The van der Waals surface area contributed by atoms with Crippen LogP contribution in [-0.4, -0.2) is 75.3 Å². The maximum absolute atomic E-state index is 5.62. The molecule has 1 unspecified atom stereocenters. The molecule has 5 nitrogen and oxygen atoms in total. The van der Waals surface area contributed by atoms with Crippen LogP contribution in [0.5, 0.6) is 0 Å². The average molecular weight is 308 g/mol. The molecule has 0 saturated carbocycles. The Kier molecular flexibility index (Phi) is 5.24. The zero-order valence-corrected chi connectivity index (χ0v) is 14.3. The molecule has 1 N–H and O–H groups in total. The van der Waals surface area contributed by atoms with Crippen molar-refractivity contribution in [3.63, 3.8) is 0 Å². The van der Waals surface area contributed by atoms with Gasteiger partial charge in [0, 0.05) is 45.2 Å². The monoisotopic (exact) mass is 308 g/mol. The number of rotatable bonds is 3. The standard InChI is InChI=1S/C17H32N4O/c1-15-3-8-20(9-4-15)11-7-19-16(18-2)21-10-5-17(13-21)6-12-22-14-17/h15H,3-14H2,1-2H3,(H,18,19). The highest BCUT2D eigenvalue weighted by atomic mass is 16.5. The Hall–Kier alpha value is -0.810. The molecule has 5 heteroatoms. The lowest BCUT2D eigenvalue weighted by Gasteiger charge is -2.31. The van der Waals surface area contributed by atoms with E-state index >= 15 is 0 Å². The first-order chi connectivity index (χ1) is 10.7. The van der Waals surface area contributed by atoms with Gasteiger partial charge in [-0.25, -0.2) is 0 Å². The van der Waals surface area contributed by atoms with Crippen LogP contribution in [0.15, 0.2) is 4.99 Å². The van der Waals surface area contributed by atoms with Crippen LogP contribution < -0.4 is 5.32 Å². The second kappa shape index (κ2) is 7.18. The smallest absolute Gasteiger partial charge is 0.193 e. The summed E-state index contributed by atoms with van der Waals surface area (Å²) in [6.07, 6.45) is 5.16. The van der Waals surface area contributed by atoms with Crippen molar-refractivity contribution in [2.24, 2.45) is 16.3 Å². The van der Waals surface area contributed by atoms with Crippen molar-refractivity contribution < 1.29 is 4.74 Å². The van der Waals surface area contributed by atoms with Crippen molar-refractivity contribution >= 4 is 5.96 Å². The average Bonchev–Trinajstić information content (AvgIpc) is 3.16. The Balaban J connectivity index is 1.41. The minimum Gasteiger partial charge on any atom is -0.381 e. The fraction of sp³-hybridized carbons (Fsp3) is 0.941. The molecule has 0 bridgehead atoms. The molecule has 3 aliphatic rings. The summed E-state index contributed by atoms with van der Waals surface area (Å²) in [5.41, 5.74) is 0.403. The molecule has 1 spiro atoms. The van der Waals surface area contributed by atoms with E-state index in [-0.39, 0.29) is 0 Å². The SMILES string of the molecule is CN=C(NCCN1CCC(C)CC1)N1CCC2(CCOC2)C1. The third-order valence-electron chi connectivity index (χ3n) is 5.72. The fourth-order valence-corrected chi connectivity index (χ4v) is 4.03. The summed E-state index contributed by atoms with van der Waals surface area (Å²) in [4.78, 5) is 9.49. The van der Waals surface area contributed by atoms with Crippen molar-refractivity contribution in [1.82, 2.24) is 15.1 Å². The molecule has 3 rings (SSSR count). The number of hydrogen-bond acceptors (Lipinski definition) is 3. The zero-order chi connectivity index (χ0) is 15.4. The van der Waals surface area contributed by atoms with Gasteiger partial charge >= 0.3 is 0 Å². The number of nitrogens with zero attached hydrogens (tertiary/aromatic N) is 3. The van der Waals surface area contributed by atoms with Gasteiger partial charge in [0.25, 0.3) is 0 Å². The molecule has 3 saturated heterocycles. The van der Waals surface area contributed by atoms with Gasteiger partial charge in [-0.15, -0.1) is 0 Å². The normalized spacial score (nSPS) is 31.4. The van der Waals surface area contributed by atoms with Gasteiger partial charge in [0.15, 0.2) is 5.96 Å². The molecule has 3 heterocycles. The van der Waals surface area contributed by atoms with E-state index in [4.69, 9.17) is 4.74 Å². The Morgan fingerprint density at radius 3 is 2.77 bits per heavy atom. The molecule has 0 radical (unpaired) electrons. The molecular formula is C17H32N4O. The van der Waals surface area contributed by atoms with Crippen molar-refractivity contribution in [1.29, 1.82) is 0 Å². The first kappa shape index (κ1) is 16.1. The van der Waals surface area contributed by atoms with E-state index in [9.17, 15) is 0 Å². The lowest BCUT2D eigenvalue weighted by Crippen LogP contribution is -2.45. The second-order valence-electron chi connectivity index (χ2n) is 7.47. The van der Waals surface area contributed by atoms with Crippen LogP contribution in [0.1, 0.15) is 32.6 Å². The largest absolute Gasteiger partial charge is 0.381 e. The Labute approximate surface area is 135 Å². The molecule has 0 aromatic carbocycles. The third-order valence-corrected chi connectivity index (χ3v) is 5.72. The summed E-state index contributed by atoms with van der Waals surface area (Å²) in [5.74, 6) is 1.99. The molecule has 0 aromatic heterocycles. The highest BCUT2D eigenvalue weighted by Crippen LogP contribution is 2.38. The lowest BCUT2D eigenvalue weighted by atomic mass is 9.87. The summed E-state index contributed by atoms with van der Waals surface area (Å²) in [6.45, 7) is 11.1. The molecule has 22 heavy (non-hydrogen) atoms. The lowest BCUT2D eigenvalue weighted by molar-refractivity contribution is 0.156. The first-order valence-electron chi connectivity index (χ1n) is 8.96. The predicted octanol–water partition coefficient (Wildman–Crippen LogP) is 1.41. The zero-order valence-electron chi connectivity index (χ0n) is 14.3. The number of piperidine rings is 1. The summed E-state index contributed by atoms with van der Waals surface area (Å²) in [6, 6.07) is 0. The highest BCUT2D eigenvalue weighted by Gasteiger charge is 2.42. The minimum absolute atomic E-state index is 0.403. The van der Waals surface area contributed by atoms with E-state index in [0.717, 1.165) is 51.3 Å². The third kappa shape index (κ3) is 3.74. The molecule has 1 atom stereocenters. The molecule has 3 aliphatic heterocycles. The number of hydrogen-bond donors (Lipinski definition) is 1. The van der Waals surface area contributed by atoms with Crippen LogP contribution in [0.4, 0.5) is 0 Å². The Morgan fingerprint density at radius 2 is 2.09 bits per heavy atom. The summed E-state index contributed by atoms with van der Waals surface area (Å²) >= 11 is 0. The summed E-state index contributed by atoms with van der Waals surface area (Å²) in [7, 11) is 1.90. The van der Waals surface area contributed by atoms with Gasteiger partial charge in [-0.2, -0.15) is 0 Å². The molecule has 0 aromatic rings. The van der Waals surface area contributed by atoms with Crippen LogP contribution >= 0.6 is 0 Å². The number of guanidine groups is 1. The van der Waals surface area contributed by atoms with Gasteiger partial charge in [-0.05, 0) is 44.7 Å². The van der Waals surface area contributed by atoms with Gasteiger partial charge < -0.3 is 19.9 Å². The topological polar surface area (TPSA) is 40.1 Å². The Bertz CT molecular complexity index is 384. The number of nitrogens with one attached hydrogen (secondary N) is 1. The van der Waals surface area contributed by atoms with E-state index in [1.54, 1.807) is 0 Å². The molecule has 0 amide bonds. The van der Waals surface area contributed by atoms with Crippen LogP contribution in [0, 0.1) is 11.3 Å². The van der Waals surface area contributed by atoms with Crippen molar-refractivity contribution in [3.05, 3.63) is 0 Å². The quantitative estimate of drug-likeness (QED) is 0.632. The predicted molar refractivity (Wildman–Crippen MR) is 90.3 cm³/mol. The molecular weight excluding hydrogens is 276 g/mol. The van der Waals surface area contributed by atoms with E-state index in [1.807, 2.05) is 7.05 Å². The maximum Gasteiger partial charge on any atom is 0.193 e. The molecule has 0 aliphatic carbocycles. The van der Waals surface area contributed by atoms with Crippen molar-refractivity contribution in [3.8, 4) is 0 Å². The van der Waals surface area contributed by atoms with E-state index in [1.165, 1.54) is 38.8 Å². The number of ether oxygens (including phenoxy) is 1. The maximum atomic E-state index is 5.62. The van der Waals surface area contributed by atoms with Gasteiger partial charge in [-0.1, -0.05) is 6.92 Å². The highest BCUT2D eigenvalue weighted by molar-refractivity contribution is 5.80. The van der Waals surface area contributed by atoms with E-state index in [2.05, 4.69) is 27.0 Å². The van der Waals surface area contributed by atoms with Gasteiger partial charge in [-0.3, -0.25) is 4.99 Å². The van der Waals surface area contributed by atoms with Gasteiger partial charge in [0.2, 0.25) is 0 Å². The molecule has 126 valence electrons. The van der Waals surface area contributed by atoms with E-state index < -0.39 is 0 Å². The van der Waals surface area contributed by atoms with Crippen molar-refractivity contribution in [2.45, 2.75) is 32.6 Å². The summed E-state index contributed by atoms with van der Waals surface area (Å²) < 4.78 is 5.62. The fourth-order valence-electron chi connectivity index (χ4n) is 4.03. The van der Waals surface area contributed by atoms with Crippen LogP contribution in [0.25, 0.3) is 0 Å². The van der Waals surface area contributed by atoms with Gasteiger partial charge in [0.05, 0.1) is 6.61 Å². The number of likely N-dealkylation sites (tertiary alicyclic amines) is 2.